The average molecular weight is 392 g/mol. The van der Waals surface area contributed by atoms with E-state index in [1.165, 1.54) is 16.7 Å². The van der Waals surface area contributed by atoms with E-state index in [9.17, 15) is 0 Å². The van der Waals surface area contributed by atoms with E-state index in [-0.39, 0.29) is 24.8 Å². The van der Waals surface area contributed by atoms with Crippen LogP contribution in [0.3, 0.4) is 0 Å². The summed E-state index contributed by atoms with van der Waals surface area (Å²) in [6, 6.07) is 15.8. The molecule has 0 unspecified atom stereocenters. The molecule has 0 radical (unpaired) electrons. The van der Waals surface area contributed by atoms with Gasteiger partial charge in [0, 0.05) is 0 Å². The van der Waals surface area contributed by atoms with Crippen LogP contribution < -0.4 is 28.1 Å². The molecule has 0 fully saturated rings. The van der Waals surface area contributed by atoms with Gasteiger partial charge in [-0.1, -0.05) is 0 Å². The summed E-state index contributed by atoms with van der Waals surface area (Å²) in [6.07, 6.45) is 10.3. The Labute approximate surface area is 149 Å². The first-order chi connectivity index (χ1) is 9.42. The molecule has 2 aliphatic carbocycles. The first-order valence-electron chi connectivity index (χ1n) is 6.73. The first-order valence-corrected chi connectivity index (χ1v) is 9.38. The molecule has 0 nitrogen and oxygen atoms in total. The Bertz CT molecular complexity index is 692. The zero-order valence-corrected chi connectivity index (χ0v) is 15.4. The van der Waals surface area contributed by atoms with Gasteiger partial charge in [-0.3, -0.25) is 0 Å². The summed E-state index contributed by atoms with van der Waals surface area (Å²) >= 11 is -0.553. The summed E-state index contributed by atoms with van der Waals surface area (Å²) in [4.78, 5) is 0. The van der Waals surface area contributed by atoms with Crippen molar-refractivity contribution in [2.45, 2.75) is 10.0 Å². The van der Waals surface area contributed by atoms with Crippen LogP contribution in [-0.2, 0) is 29.7 Å². The minimum Gasteiger partial charge on any atom is -1.00 e. The van der Waals surface area contributed by atoms with E-state index < -0.39 is 23.2 Å². The van der Waals surface area contributed by atoms with Crippen molar-refractivity contribution in [3.8, 4) is 11.1 Å². The number of hydrogen-bond acceptors (Lipinski definition) is 0. The standard InChI is InChI=1S/C13H9.C5H5.2ClH.Zr/c1-3-7-12-10(5-1)9-11-6-2-4-8-13(11)12;1-2-4-5-3-1;;;/h1-5,7-8H,9H2;1-5H;2*1H;/q;;;;+2/p-2. The molecule has 0 N–H and O–H groups in total. The van der Waals surface area contributed by atoms with Crippen LogP contribution in [0.4, 0.5) is 0 Å². The number of benzene rings is 2. The molecule has 0 atom stereocenters. The van der Waals surface area contributed by atoms with Gasteiger partial charge in [-0.2, -0.15) is 0 Å². The van der Waals surface area contributed by atoms with Crippen LogP contribution >= 0.6 is 0 Å². The van der Waals surface area contributed by atoms with Crippen molar-refractivity contribution in [3.05, 3.63) is 77.9 Å². The van der Waals surface area contributed by atoms with E-state index >= 15 is 0 Å². The number of allylic oxidation sites excluding steroid dienone is 4. The Morgan fingerprint density at radius 2 is 1.52 bits per heavy atom. The van der Waals surface area contributed by atoms with E-state index in [2.05, 4.69) is 66.8 Å². The molecule has 0 amide bonds. The minimum atomic E-state index is -0.553. The number of halogens is 2. The van der Waals surface area contributed by atoms with Crippen LogP contribution in [0.25, 0.3) is 11.1 Å². The molecule has 0 aliphatic heterocycles. The van der Waals surface area contributed by atoms with E-state index in [4.69, 9.17) is 0 Å². The topological polar surface area (TPSA) is 0 Å². The van der Waals surface area contributed by atoms with Crippen molar-refractivity contribution < 1.29 is 48.0 Å². The number of hydrogen-bond donors (Lipinski definition) is 0. The molecular formula is C18H14Cl2Zr. The molecule has 0 spiro atoms. The maximum atomic E-state index is 2.37. The summed E-state index contributed by atoms with van der Waals surface area (Å²) in [5.74, 6) is 0. The van der Waals surface area contributed by atoms with Gasteiger partial charge in [0.2, 0.25) is 0 Å². The molecule has 104 valence electrons. The molecule has 21 heavy (non-hydrogen) atoms. The van der Waals surface area contributed by atoms with Crippen LogP contribution in [0.1, 0.15) is 11.1 Å². The van der Waals surface area contributed by atoms with Crippen molar-refractivity contribution in [1.29, 1.82) is 0 Å². The smallest absolute Gasteiger partial charge is 1.00 e. The molecule has 4 rings (SSSR count). The summed E-state index contributed by atoms with van der Waals surface area (Å²) < 4.78 is 2.43. The SMILES string of the molecule is C1=C[CH]([Zr+2][c]2cccc3c2Cc2ccccc2-3)C=C1.[Cl-].[Cl-]. The van der Waals surface area contributed by atoms with Gasteiger partial charge < -0.3 is 24.8 Å². The predicted octanol–water partition coefficient (Wildman–Crippen LogP) is -2.11. The van der Waals surface area contributed by atoms with Crippen LogP contribution in [0.15, 0.2) is 66.8 Å². The molecule has 0 aromatic heterocycles. The molecule has 0 saturated heterocycles. The quantitative estimate of drug-likeness (QED) is 0.468. The molecule has 0 bridgehead atoms. The third-order valence-electron chi connectivity index (χ3n) is 3.92. The van der Waals surface area contributed by atoms with E-state index in [1.807, 2.05) is 0 Å². The molecular weight excluding hydrogens is 378 g/mol. The second kappa shape index (κ2) is 7.10. The van der Waals surface area contributed by atoms with Crippen molar-refractivity contribution in [3.63, 3.8) is 0 Å². The first kappa shape index (κ1) is 16.7. The monoisotopic (exact) mass is 390 g/mol. The van der Waals surface area contributed by atoms with Gasteiger partial charge in [0.05, 0.1) is 0 Å². The third-order valence-corrected chi connectivity index (χ3v) is 7.60. The Hall–Kier alpha value is -0.617. The van der Waals surface area contributed by atoms with Gasteiger partial charge >= 0.3 is 126 Å². The largest absolute Gasteiger partial charge is 1.00 e. The molecule has 2 aromatic carbocycles. The van der Waals surface area contributed by atoms with E-state index in [0.29, 0.717) is 0 Å². The van der Waals surface area contributed by atoms with Crippen LogP contribution in [0.5, 0.6) is 0 Å². The fraction of sp³-hybridized carbons (Fsp3) is 0.111. The Balaban J connectivity index is 0.000000807. The third kappa shape index (κ3) is 3.11. The molecule has 0 saturated carbocycles. The van der Waals surface area contributed by atoms with Gasteiger partial charge in [0.15, 0.2) is 0 Å². The number of rotatable bonds is 2. The minimum absolute atomic E-state index is 0. The predicted molar refractivity (Wildman–Crippen MR) is 76.3 cm³/mol. The van der Waals surface area contributed by atoms with Crippen molar-refractivity contribution in [2.24, 2.45) is 0 Å². The molecule has 0 heterocycles. The average Bonchev–Trinajstić information content (AvgIpc) is 3.06. The normalized spacial score (nSPS) is 13.9. The molecule has 3 heteroatoms. The summed E-state index contributed by atoms with van der Waals surface area (Å²) in [5, 5.41) is 0. The summed E-state index contributed by atoms with van der Waals surface area (Å²) in [5.41, 5.74) is 6.06. The fourth-order valence-corrected chi connectivity index (χ4v) is 6.35. The van der Waals surface area contributed by atoms with Gasteiger partial charge in [0.1, 0.15) is 0 Å². The number of fused-ring (bicyclic) bond motifs is 3. The maximum Gasteiger partial charge on any atom is -1.00 e. The Morgan fingerprint density at radius 1 is 0.810 bits per heavy atom. The van der Waals surface area contributed by atoms with Crippen LogP contribution in [0.2, 0.25) is 3.63 Å². The maximum absolute atomic E-state index is 2.37. The Kier molecular flexibility index (Phi) is 5.66. The van der Waals surface area contributed by atoms with Gasteiger partial charge in [-0.25, -0.2) is 0 Å². The second-order valence-corrected chi connectivity index (χ2v) is 8.78. The fourth-order valence-electron chi connectivity index (χ4n) is 3.00. The van der Waals surface area contributed by atoms with Gasteiger partial charge in [0.25, 0.3) is 0 Å². The van der Waals surface area contributed by atoms with E-state index in [1.54, 1.807) is 8.83 Å². The molecule has 2 aromatic rings. The summed E-state index contributed by atoms with van der Waals surface area (Å²) in [7, 11) is 0. The van der Waals surface area contributed by atoms with Crippen LogP contribution in [0, 0.1) is 0 Å². The zero-order chi connectivity index (χ0) is 12.7. The van der Waals surface area contributed by atoms with Gasteiger partial charge in [-0.05, 0) is 0 Å². The molecule has 2 aliphatic rings. The van der Waals surface area contributed by atoms with Crippen molar-refractivity contribution in [2.75, 3.05) is 0 Å². The zero-order valence-electron chi connectivity index (χ0n) is 11.4. The van der Waals surface area contributed by atoms with E-state index in [0.717, 1.165) is 10.0 Å². The summed E-state index contributed by atoms with van der Waals surface area (Å²) in [6.45, 7) is 0. The van der Waals surface area contributed by atoms with Gasteiger partial charge in [-0.15, -0.1) is 0 Å². The van der Waals surface area contributed by atoms with Crippen LogP contribution in [-0.4, -0.2) is 0 Å². The van der Waals surface area contributed by atoms with Crippen molar-refractivity contribution in [1.82, 2.24) is 0 Å². The van der Waals surface area contributed by atoms with Crippen molar-refractivity contribution >= 4 is 3.27 Å². The Morgan fingerprint density at radius 3 is 2.33 bits per heavy atom. The second-order valence-electron chi connectivity index (χ2n) is 5.11.